The summed E-state index contributed by atoms with van der Waals surface area (Å²) in [4.78, 5) is 0. The van der Waals surface area contributed by atoms with Crippen molar-refractivity contribution < 1.29 is 0 Å². The lowest BCUT2D eigenvalue weighted by Gasteiger charge is -2.28. The maximum atomic E-state index is 4.53. The van der Waals surface area contributed by atoms with Crippen LogP contribution in [0.3, 0.4) is 0 Å². The van der Waals surface area contributed by atoms with Gasteiger partial charge in [0.25, 0.3) is 0 Å². The highest BCUT2D eigenvalue weighted by Crippen LogP contribution is 2.33. The molecule has 0 radical (unpaired) electrons. The molecule has 0 bridgehead atoms. The highest BCUT2D eigenvalue weighted by molar-refractivity contribution is 5.28. The number of aromatic nitrogens is 2. The zero-order valence-electron chi connectivity index (χ0n) is 10.9. The molecule has 90 valence electrons. The van der Waals surface area contributed by atoms with E-state index in [4.69, 9.17) is 0 Å². The molecule has 1 saturated heterocycles. The molecule has 16 heavy (non-hydrogen) atoms. The summed E-state index contributed by atoms with van der Waals surface area (Å²) < 4.78 is 2.02. The highest BCUT2D eigenvalue weighted by atomic mass is 15.3. The molecule has 0 saturated carbocycles. The number of hydrogen-bond donors (Lipinski definition) is 1. The topological polar surface area (TPSA) is 29.9 Å². The molecule has 3 heteroatoms. The normalized spacial score (nSPS) is 20.0. The first kappa shape index (κ1) is 11.6. The molecule has 2 rings (SSSR count). The van der Waals surface area contributed by atoms with Gasteiger partial charge in [-0.25, -0.2) is 0 Å². The Morgan fingerprint density at radius 2 is 1.94 bits per heavy atom. The predicted octanol–water partition coefficient (Wildman–Crippen LogP) is 2.14. The first-order valence-corrected chi connectivity index (χ1v) is 6.32. The van der Waals surface area contributed by atoms with Crippen LogP contribution in [-0.2, 0) is 7.05 Å². The van der Waals surface area contributed by atoms with E-state index in [0.717, 1.165) is 5.92 Å². The van der Waals surface area contributed by atoms with E-state index in [1.54, 1.807) is 0 Å². The molecule has 0 amide bonds. The summed E-state index contributed by atoms with van der Waals surface area (Å²) in [6, 6.07) is 0. The second-order valence-electron chi connectivity index (χ2n) is 5.08. The van der Waals surface area contributed by atoms with Gasteiger partial charge in [0.1, 0.15) is 0 Å². The molecule has 2 heterocycles. The number of aryl methyl sites for hydroxylation is 2. The van der Waals surface area contributed by atoms with Gasteiger partial charge in [-0.3, -0.25) is 4.68 Å². The van der Waals surface area contributed by atoms with Gasteiger partial charge in [-0.05, 0) is 57.2 Å². The zero-order valence-corrected chi connectivity index (χ0v) is 10.9. The summed E-state index contributed by atoms with van der Waals surface area (Å²) in [7, 11) is 2.04. The van der Waals surface area contributed by atoms with Crippen molar-refractivity contribution in [2.45, 2.75) is 39.5 Å². The van der Waals surface area contributed by atoms with E-state index in [1.165, 1.54) is 42.9 Å². The van der Waals surface area contributed by atoms with Gasteiger partial charge in [-0.1, -0.05) is 6.92 Å². The minimum Gasteiger partial charge on any atom is -0.317 e. The minimum absolute atomic E-state index is 0.649. The Morgan fingerprint density at radius 1 is 1.31 bits per heavy atom. The van der Waals surface area contributed by atoms with Crippen LogP contribution in [0.5, 0.6) is 0 Å². The van der Waals surface area contributed by atoms with E-state index >= 15 is 0 Å². The van der Waals surface area contributed by atoms with Crippen LogP contribution in [0, 0.1) is 19.8 Å². The van der Waals surface area contributed by atoms with E-state index in [-0.39, 0.29) is 0 Å². The number of piperidine rings is 1. The van der Waals surface area contributed by atoms with Crippen LogP contribution in [0.15, 0.2) is 0 Å². The fraction of sp³-hybridized carbons (Fsp3) is 0.769. The number of nitrogens with one attached hydrogen (secondary N) is 1. The van der Waals surface area contributed by atoms with E-state index in [1.807, 2.05) is 11.7 Å². The standard InChI is InChI=1S/C13H23N3/c1-9(12-5-7-14-8-6-12)13-10(2)15-16(4)11(13)3/h9,12,14H,5-8H2,1-4H3. The second-order valence-corrected chi connectivity index (χ2v) is 5.08. The summed E-state index contributed by atoms with van der Waals surface area (Å²) in [5.74, 6) is 1.47. The Morgan fingerprint density at radius 3 is 2.44 bits per heavy atom. The number of rotatable bonds is 2. The zero-order chi connectivity index (χ0) is 11.7. The second kappa shape index (κ2) is 4.58. The van der Waals surface area contributed by atoms with E-state index in [2.05, 4.69) is 31.2 Å². The molecular weight excluding hydrogens is 198 g/mol. The van der Waals surface area contributed by atoms with Gasteiger partial charge in [-0.15, -0.1) is 0 Å². The van der Waals surface area contributed by atoms with Crippen LogP contribution in [-0.4, -0.2) is 22.9 Å². The summed E-state index contributed by atoms with van der Waals surface area (Å²) in [6.45, 7) is 9.04. The third-order valence-corrected chi connectivity index (χ3v) is 4.11. The van der Waals surface area contributed by atoms with Gasteiger partial charge in [0.15, 0.2) is 0 Å². The summed E-state index contributed by atoms with van der Waals surface area (Å²) in [5.41, 5.74) is 4.03. The summed E-state index contributed by atoms with van der Waals surface area (Å²) in [6.07, 6.45) is 2.60. The van der Waals surface area contributed by atoms with Crippen molar-refractivity contribution in [1.82, 2.24) is 15.1 Å². The lowest BCUT2D eigenvalue weighted by molar-refractivity contribution is 0.329. The van der Waals surface area contributed by atoms with Crippen molar-refractivity contribution in [2.75, 3.05) is 13.1 Å². The van der Waals surface area contributed by atoms with Gasteiger partial charge >= 0.3 is 0 Å². The largest absolute Gasteiger partial charge is 0.317 e. The van der Waals surface area contributed by atoms with Crippen molar-refractivity contribution >= 4 is 0 Å². The van der Waals surface area contributed by atoms with Gasteiger partial charge in [0.2, 0.25) is 0 Å². The van der Waals surface area contributed by atoms with E-state index in [0.29, 0.717) is 5.92 Å². The number of nitrogens with zero attached hydrogens (tertiary/aromatic N) is 2. The quantitative estimate of drug-likeness (QED) is 0.829. The van der Waals surface area contributed by atoms with Crippen LogP contribution in [0.4, 0.5) is 0 Å². The molecule has 1 aliphatic heterocycles. The highest BCUT2D eigenvalue weighted by Gasteiger charge is 2.25. The third-order valence-electron chi connectivity index (χ3n) is 4.11. The predicted molar refractivity (Wildman–Crippen MR) is 66.7 cm³/mol. The van der Waals surface area contributed by atoms with Crippen LogP contribution in [0.25, 0.3) is 0 Å². The molecule has 1 aromatic heterocycles. The van der Waals surface area contributed by atoms with Crippen LogP contribution < -0.4 is 5.32 Å². The first-order chi connectivity index (χ1) is 7.61. The van der Waals surface area contributed by atoms with Crippen LogP contribution in [0.1, 0.15) is 42.6 Å². The molecular formula is C13H23N3. The van der Waals surface area contributed by atoms with Crippen LogP contribution in [0.2, 0.25) is 0 Å². The van der Waals surface area contributed by atoms with Crippen molar-refractivity contribution in [3.8, 4) is 0 Å². The van der Waals surface area contributed by atoms with Crippen LogP contribution >= 0.6 is 0 Å². The fourth-order valence-corrected chi connectivity index (χ4v) is 3.03. The first-order valence-electron chi connectivity index (χ1n) is 6.32. The van der Waals surface area contributed by atoms with Gasteiger partial charge in [0.05, 0.1) is 5.69 Å². The molecule has 3 nitrogen and oxygen atoms in total. The van der Waals surface area contributed by atoms with Crippen molar-refractivity contribution in [3.63, 3.8) is 0 Å². The molecule has 0 spiro atoms. The Hall–Kier alpha value is -0.830. The molecule has 1 atom stereocenters. The Kier molecular flexibility index (Phi) is 3.33. The Bertz CT molecular complexity index is 361. The smallest absolute Gasteiger partial charge is 0.0631 e. The molecule has 1 unspecified atom stereocenters. The molecule has 1 aliphatic rings. The Labute approximate surface area is 98.2 Å². The molecule has 1 aromatic rings. The molecule has 0 aromatic carbocycles. The number of hydrogen-bond acceptors (Lipinski definition) is 2. The van der Waals surface area contributed by atoms with Gasteiger partial charge < -0.3 is 5.32 Å². The average molecular weight is 221 g/mol. The van der Waals surface area contributed by atoms with E-state index < -0.39 is 0 Å². The maximum absolute atomic E-state index is 4.53. The summed E-state index contributed by atoms with van der Waals surface area (Å²) in [5, 5.41) is 7.96. The van der Waals surface area contributed by atoms with Crippen molar-refractivity contribution in [3.05, 3.63) is 17.0 Å². The van der Waals surface area contributed by atoms with Gasteiger partial charge in [-0.2, -0.15) is 5.10 Å². The average Bonchev–Trinajstić information content (AvgIpc) is 2.54. The monoisotopic (exact) mass is 221 g/mol. The molecule has 1 N–H and O–H groups in total. The molecule has 1 fully saturated rings. The summed E-state index contributed by atoms with van der Waals surface area (Å²) >= 11 is 0. The van der Waals surface area contributed by atoms with Gasteiger partial charge in [0, 0.05) is 12.7 Å². The SMILES string of the molecule is Cc1nn(C)c(C)c1C(C)C1CCNCC1. The maximum Gasteiger partial charge on any atom is 0.0631 e. The molecule has 0 aliphatic carbocycles. The van der Waals surface area contributed by atoms with Crippen molar-refractivity contribution in [1.29, 1.82) is 0 Å². The Balaban J connectivity index is 2.22. The minimum atomic E-state index is 0.649. The fourth-order valence-electron chi connectivity index (χ4n) is 3.03. The van der Waals surface area contributed by atoms with E-state index in [9.17, 15) is 0 Å². The van der Waals surface area contributed by atoms with Crippen molar-refractivity contribution in [2.24, 2.45) is 13.0 Å². The lowest BCUT2D eigenvalue weighted by Crippen LogP contribution is -2.30. The third kappa shape index (κ3) is 2.01. The lowest BCUT2D eigenvalue weighted by atomic mass is 9.81.